The standard InChI is InChI=1S/C22H28N2O/c1-2-17-9-11-18(12-10-17)5-3-6-19-7-4-8-20(13-19)14-21-15-23-16-22(25)24-21/h4,7-13,21,23H,2-3,5-6,14-16H2,1H3,(H,24,25). The third-order valence-electron chi connectivity index (χ3n) is 4.88. The van der Waals surface area contributed by atoms with Gasteiger partial charge in [-0.1, -0.05) is 55.5 Å². The number of carbonyl (C=O) groups is 1. The molecule has 3 nitrogen and oxygen atoms in total. The molecule has 0 aromatic heterocycles. The minimum Gasteiger partial charge on any atom is -0.351 e. The van der Waals surface area contributed by atoms with Gasteiger partial charge in [0.05, 0.1) is 6.54 Å². The normalized spacial score (nSPS) is 17.3. The molecule has 1 aliphatic heterocycles. The molecule has 2 N–H and O–H groups in total. The third kappa shape index (κ3) is 5.43. The first kappa shape index (κ1) is 17.7. The summed E-state index contributed by atoms with van der Waals surface area (Å²) >= 11 is 0. The summed E-state index contributed by atoms with van der Waals surface area (Å²) in [5.41, 5.74) is 5.52. The van der Waals surface area contributed by atoms with Crippen LogP contribution in [0.15, 0.2) is 48.5 Å². The molecule has 1 heterocycles. The van der Waals surface area contributed by atoms with E-state index in [0.717, 1.165) is 38.6 Å². The molecule has 0 spiro atoms. The van der Waals surface area contributed by atoms with Gasteiger partial charge in [0.1, 0.15) is 0 Å². The van der Waals surface area contributed by atoms with Crippen molar-refractivity contribution in [3.8, 4) is 0 Å². The van der Waals surface area contributed by atoms with E-state index in [2.05, 4.69) is 66.1 Å². The molecule has 3 rings (SSSR count). The van der Waals surface area contributed by atoms with Crippen molar-refractivity contribution in [2.45, 2.75) is 45.1 Å². The molecule has 3 heteroatoms. The average molecular weight is 336 g/mol. The first-order valence-electron chi connectivity index (χ1n) is 9.38. The maximum absolute atomic E-state index is 11.5. The van der Waals surface area contributed by atoms with Crippen molar-refractivity contribution in [3.63, 3.8) is 0 Å². The molecule has 1 saturated heterocycles. The molecule has 2 aromatic rings. The summed E-state index contributed by atoms with van der Waals surface area (Å²) < 4.78 is 0. The second-order valence-electron chi connectivity index (χ2n) is 6.94. The highest BCUT2D eigenvalue weighted by Crippen LogP contribution is 2.13. The summed E-state index contributed by atoms with van der Waals surface area (Å²) in [7, 11) is 0. The number of benzene rings is 2. The Morgan fingerprint density at radius 1 is 0.960 bits per heavy atom. The number of hydrogen-bond donors (Lipinski definition) is 2. The fourth-order valence-corrected chi connectivity index (χ4v) is 3.45. The van der Waals surface area contributed by atoms with Gasteiger partial charge in [0.2, 0.25) is 5.91 Å². The lowest BCUT2D eigenvalue weighted by molar-refractivity contribution is -0.122. The monoisotopic (exact) mass is 336 g/mol. The number of nitrogens with one attached hydrogen (secondary N) is 2. The van der Waals surface area contributed by atoms with E-state index in [1.54, 1.807) is 0 Å². The van der Waals surface area contributed by atoms with E-state index < -0.39 is 0 Å². The summed E-state index contributed by atoms with van der Waals surface area (Å²) in [6, 6.07) is 18.0. The van der Waals surface area contributed by atoms with Gasteiger partial charge in [0.25, 0.3) is 0 Å². The Hall–Kier alpha value is -2.13. The summed E-state index contributed by atoms with van der Waals surface area (Å²) in [6.07, 6.45) is 5.38. The van der Waals surface area contributed by atoms with Gasteiger partial charge in [-0.2, -0.15) is 0 Å². The predicted octanol–water partition coefficient (Wildman–Crippen LogP) is 3.05. The van der Waals surface area contributed by atoms with Crippen LogP contribution in [0.25, 0.3) is 0 Å². The molecule has 1 aliphatic rings. The zero-order valence-corrected chi connectivity index (χ0v) is 15.1. The van der Waals surface area contributed by atoms with E-state index in [4.69, 9.17) is 0 Å². The van der Waals surface area contributed by atoms with Crippen LogP contribution in [0.4, 0.5) is 0 Å². The first-order chi connectivity index (χ1) is 12.2. The second kappa shape index (κ2) is 8.82. The van der Waals surface area contributed by atoms with Crippen LogP contribution in [0, 0.1) is 0 Å². The van der Waals surface area contributed by atoms with Crippen molar-refractivity contribution < 1.29 is 4.79 Å². The molecule has 1 amide bonds. The predicted molar refractivity (Wildman–Crippen MR) is 103 cm³/mol. The summed E-state index contributed by atoms with van der Waals surface area (Å²) in [6.45, 7) is 3.48. The number of aryl methyl sites for hydroxylation is 3. The SMILES string of the molecule is CCc1ccc(CCCc2cccc(CC3CNCC(=O)N3)c2)cc1. The highest BCUT2D eigenvalue weighted by Gasteiger charge is 2.17. The smallest absolute Gasteiger partial charge is 0.234 e. The number of amides is 1. The lowest BCUT2D eigenvalue weighted by Crippen LogP contribution is -2.52. The molecule has 0 saturated carbocycles. The lowest BCUT2D eigenvalue weighted by Gasteiger charge is -2.24. The Morgan fingerprint density at radius 3 is 2.44 bits per heavy atom. The third-order valence-corrected chi connectivity index (χ3v) is 4.88. The van der Waals surface area contributed by atoms with Crippen LogP contribution in [-0.4, -0.2) is 25.0 Å². The number of hydrogen-bond acceptors (Lipinski definition) is 2. The summed E-state index contributed by atoms with van der Waals surface area (Å²) in [5.74, 6) is 0.0986. The van der Waals surface area contributed by atoms with E-state index in [9.17, 15) is 4.79 Å². The molecule has 132 valence electrons. The maximum Gasteiger partial charge on any atom is 0.234 e. The average Bonchev–Trinajstić information content (AvgIpc) is 2.63. The van der Waals surface area contributed by atoms with Crippen molar-refractivity contribution in [1.82, 2.24) is 10.6 Å². The van der Waals surface area contributed by atoms with Crippen molar-refractivity contribution in [3.05, 3.63) is 70.8 Å². The Kier molecular flexibility index (Phi) is 6.24. The molecule has 0 radical (unpaired) electrons. The van der Waals surface area contributed by atoms with Crippen LogP contribution in [0.5, 0.6) is 0 Å². The van der Waals surface area contributed by atoms with E-state index >= 15 is 0 Å². The maximum atomic E-state index is 11.5. The minimum atomic E-state index is 0.0986. The molecule has 25 heavy (non-hydrogen) atoms. The first-order valence-corrected chi connectivity index (χ1v) is 9.38. The molecule has 1 atom stereocenters. The zero-order chi connectivity index (χ0) is 17.5. The van der Waals surface area contributed by atoms with Gasteiger partial charge >= 0.3 is 0 Å². The summed E-state index contributed by atoms with van der Waals surface area (Å²) in [4.78, 5) is 11.5. The van der Waals surface area contributed by atoms with Crippen LogP contribution in [0.1, 0.15) is 35.6 Å². The molecule has 0 aliphatic carbocycles. The fourth-order valence-electron chi connectivity index (χ4n) is 3.45. The highest BCUT2D eigenvalue weighted by molar-refractivity contribution is 5.79. The number of rotatable bonds is 7. The molecular formula is C22H28N2O. The van der Waals surface area contributed by atoms with Gasteiger partial charge in [-0.25, -0.2) is 0 Å². The van der Waals surface area contributed by atoms with Crippen molar-refractivity contribution in [2.24, 2.45) is 0 Å². The van der Waals surface area contributed by atoms with Crippen LogP contribution >= 0.6 is 0 Å². The van der Waals surface area contributed by atoms with Gasteiger partial charge in [-0.3, -0.25) is 4.79 Å². The van der Waals surface area contributed by atoms with E-state index in [-0.39, 0.29) is 11.9 Å². The molecular weight excluding hydrogens is 308 g/mol. The van der Waals surface area contributed by atoms with Gasteiger partial charge < -0.3 is 10.6 Å². The van der Waals surface area contributed by atoms with Crippen LogP contribution < -0.4 is 10.6 Å². The second-order valence-corrected chi connectivity index (χ2v) is 6.94. The van der Waals surface area contributed by atoms with Gasteiger partial charge in [-0.05, 0) is 54.4 Å². The van der Waals surface area contributed by atoms with Crippen LogP contribution in [-0.2, 0) is 30.5 Å². The lowest BCUT2D eigenvalue weighted by atomic mass is 9.98. The quantitative estimate of drug-likeness (QED) is 0.816. The molecule has 2 aromatic carbocycles. The fraction of sp³-hybridized carbons (Fsp3) is 0.409. The largest absolute Gasteiger partial charge is 0.351 e. The van der Waals surface area contributed by atoms with Gasteiger partial charge in [0.15, 0.2) is 0 Å². The van der Waals surface area contributed by atoms with E-state index in [1.807, 2.05) is 0 Å². The number of piperazine rings is 1. The minimum absolute atomic E-state index is 0.0986. The van der Waals surface area contributed by atoms with Crippen molar-refractivity contribution in [2.75, 3.05) is 13.1 Å². The Labute approximate surface area is 150 Å². The Balaban J connectivity index is 1.50. The van der Waals surface area contributed by atoms with Crippen molar-refractivity contribution >= 4 is 5.91 Å². The zero-order valence-electron chi connectivity index (χ0n) is 15.1. The topological polar surface area (TPSA) is 41.1 Å². The molecule has 1 unspecified atom stereocenters. The van der Waals surface area contributed by atoms with Crippen LogP contribution in [0.2, 0.25) is 0 Å². The molecule has 0 bridgehead atoms. The number of carbonyl (C=O) groups excluding carboxylic acids is 1. The highest BCUT2D eigenvalue weighted by atomic mass is 16.2. The van der Waals surface area contributed by atoms with Crippen LogP contribution in [0.3, 0.4) is 0 Å². The molecule has 1 fully saturated rings. The van der Waals surface area contributed by atoms with E-state index in [1.165, 1.54) is 22.3 Å². The Morgan fingerprint density at radius 2 is 1.68 bits per heavy atom. The van der Waals surface area contributed by atoms with Crippen molar-refractivity contribution in [1.29, 1.82) is 0 Å². The van der Waals surface area contributed by atoms with Gasteiger partial charge in [0, 0.05) is 12.6 Å². The Bertz CT molecular complexity index is 693. The van der Waals surface area contributed by atoms with E-state index in [0.29, 0.717) is 6.54 Å². The summed E-state index contributed by atoms with van der Waals surface area (Å²) in [5, 5.41) is 6.22. The van der Waals surface area contributed by atoms with Gasteiger partial charge in [-0.15, -0.1) is 0 Å².